The predicted octanol–water partition coefficient (Wildman–Crippen LogP) is 3.64. The summed E-state index contributed by atoms with van der Waals surface area (Å²) in [5, 5.41) is 13.0. The van der Waals surface area contributed by atoms with Crippen LogP contribution in [-0.4, -0.2) is 45.4 Å². The molecule has 1 heterocycles. The van der Waals surface area contributed by atoms with Crippen molar-refractivity contribution in [2.24, 2.45) is 5.92 Å². The van der Waals surface area contributed by atoms with Crippen molar-refractivity contribution in [2.45, 2.75) is 51.7 Å². The second-order valence-electron chi connectivity index (χ2n) is 8.64. The molecule has 164 valence electrons. The van der Waals surface area contributed by atoms with Crippen molar-refractivity contribution in [1.29, 1.82) is 0 Å². The van der Waals surface area contributed by atoms with E-state index < -0.39 is 12.0 Å². The Balaban J connectivity index is 1.77. The van der Waals surface area contributed by atoms with Crippen LogP contribution in [0.15, 0.2) is 54.6 Å². The van der Waals surface area contributed by atoms with Crippen molar-refractivity contribution in [1.82, 2.24) is 10.2 Å². The van der Waals surface area contributed by atoms with E-state index in [1.54, 1.807) is 0 Å². The van der Waals surface area contributed by atoms with Gasteiger partial charge in [0.2, 0.25) is 0 Å². The second-order valence-corrected chi connectivity index (χ2v) is 9.13. The molecule has 31 heavy (non-hydrogen) atoms. The van der Waals surface area contributed by atoms with Crippen LogP contribution in [-0.2, 0) is 29.0 Å². The number of rotatable bonds is 8. The van der Waals surface area contributed by atoms with Crippen LogP contribution in [0.4, 0.5) is 0 Å². The van der Waals surface area contributed by atoms with Gasteiger partial charge in [0, 0.05) is 25.6 Å². The summed E-state index contributed by atoms with van der Waals surface area (Å²) in [6, 6.07) is 16.9. The minimum Gasteiger partial charge on any atom is -0.480 e. The number of carboxylic acid groups (broad SMARTS) is 1. The van der Waals surface area contributed by atoms with Crippen molar-refractivity contribution < 1.29 is 14.7 Å². The van der Waals surface area contributed by atoms with Gasteiger partial charge in [-0.3, -0.25) is 14.5 Å². The first-order valence-corrected chi connectivity index (χ1v) is 11.2. The molecule has 0 aliphatic carbocycles. The summed E-state index contributed by atoms with van der Waals surface area (Å²) in [5.74, 6) is -0.817. The summed E-state index contributed by atoms with van der Waals surface area (Å²) in [5.41, 5.74) is 3.25. The van der Waals surface area contributed by atoms with Crippen LogP contribution in [0.1, 0.15) is 37.0 Å². The molecule has 1 aliphatic rings. The number of nitrogens with zero attached hydrogens (tertiary/aromatic N) is 1. The standard InChI is InChI=1S/C25H30N2O3S/c1-17(2)12-22(25(29)30)27-15-20-11-7-6-10-19(20)14-21(16-27)26-24(28)23(31)13-18-8-4-3-5-9-18/h3-11,17,21-22H,12-16H2,1-2H3,(H,26,28)(H,29,30). The zero-order chi connectivity index (χ0) is 22.4. The summed E-state index contributed by atoms with van der Waals surface area (Å²) in [6.45, 7) is 5.09. The third-order valence-corrected chi connectivity index (χ3v) is 5.96. The molecular weight excluding hydrogens is 408 g/mol. The van der Waals surface area contributed by atoms with Crippen LogP contribution in [0.5, 0.6) is 0 Å². The average molecular weight is 439 g/mol. The molecule has 0 saturated carbocycles. The summed E-state index contributed by atoms with van der Waals surface area (Å²) < 4.78 is 0. The molecule has 0 aromatic heterocycles. The fourth-order valence-corrected chi connectivity index (χ4v) is 4.35. The average Bonchev–Trinajstić information content (AvgIpc) is 2.91. The van der Waals surface area contributed by atoms with E-state index in [9.17, 15) is 14.7 Å². The van der Waals surface area contributed by atoms with E-state index in [0.29, 0.717) is 37.2 Å². The summed E-state index contributed by atoms with van der Waals surface area (Å²) >= 11 is 5.40. The van der Waals surface area contributed by atoms with Crippen LogP contribution in [0.3, 0.4) is 0 Å². The third kappa shape index (κ3) is 6.45. The van der Waals surface area contributed by atoms with Gasteiger partial charge in [0.15, 0.2) is 0 Å². The Kier molecular flexibility index (Phi) is 7.93. The molecule has 2 atom stereocenters. The molecule has 2 unspecified atom stereocenters. The lowest BCUT2D eigenvalue weighted by Crippen LogP contribution is -2.50. The Hall–Kier alpha value is -2.57. The Morgan fingerprint density at radius 3 is 2.39 bits per heavy atom. The van der Waals surface area contributed by atoms with Gasteiger partial charge >= 0.3 is 5.97 Å². The normalized spacial score (nSPS) is 17.5. The molecule has 1 aliphatic heterocycles. The first-order chi connectivity index (χ1) is 14.8. The van der Waals surface area contributed by atoms with Crippen molar-refractivity contribution in [3.8, 4) is 0 Å². The van der Waals surface area contributed by atoms with Crippen molar-refractivity contribution >= 4 is 29.0 Å². The number of thiocarbonyl (C=S) groups is 1. The van der Waals surface area contributed by atoms with E-state index in [1.165, 1.54) is 0 Å². The molecule has 1 amide bonds. The lowest BCUT2D eigenvalue weighted by Gasteiger charge is -2.31. The SMILES string of the molecule is CC(C)CC(C(=O)O)N1Cc2ccccc2CC(NC(=O)C(=S)Cc2ccccc2)C1. The Bertz CT molecular complexity index is 929. The first kappa shape index (κ1) is 23.1. The monoisotopic (exact) mass is 438 g/mol. The maximum Gasteiger partial charge on any atom is 0.320 e. The molecule has 5 nitrogen and oxygen atoms in total. The number of carbonyl (C=O) groups is 2. The highest BCUT2D eigenvalue weighted by Crippen LogP contribution is 2.23. The van der Waals surface area contributed by atoms with Gasteiger partial charge in [-0.2, -0.15) is 0 Å². The van der Waals surface area contributed by atoms with Crippen molar-refractivity contribution in [3.05, 3.63) is 71.3 Å². The minimum absolute atomic E-state index is 0.209. The molecule has 6 heteroatoms. The van der Waals surface area contributed by atoms with Crippen LogP contribution in [0.2, 0.25) is 0 Å². The second kappa shape index (κ2) is 10.6. The maximum absolute atomic E-state index is 12.8. The number of benzene rings is 2. The quantitative estimate of drug-likeness (QED) is 0.616. The zero-order valence-electron chi connectivity index (χ0n) is 18.1. The Labute approximate surface area is 189 Å². The maximum atomic E-state index is 12.8. The van der Waals surface area contributed by atoms with E-state index in [2.05, 4.69) is 11.4 Å². The molecule has 2 aromatic rings. The van der Waals surface area contributed by atoms with E-state index >= 15 is 0 Å². The zero-order valence-corrected chi connectivity index (χ0v) is 18.9. The largest absolute Gasteiger partial charge is 0.480 e. The lowest BCUT2D eigenvalue weighted by molar-refractivity contribution is -0.144. The van der Waals surface area contributed by atoms with Crippen LogP contribution in [0.25, 0.3) is 0 Å². The minimum atomic E-state index is -0.822. The van der Waals surface area contributed by atoms with E-state index in [0.717, 1.165) is 16.7 Å². The van der Waals surface area contributed by atoms with Crippen LogP contribution >= 0.6 is 12.2 Å². The molecule has 0 spiro atoms. The van der Waals surface area contributed by atoms with Crippen LogP contribution in [0, 0.1) is 5.92 Å². The van der Waals surface area contributed by atoms with Gasteiger partial charge in [0.05, 0.1) is 4.86 Å². The number of fused-ring (bicyclic) bond motifs is 1. The highest BCUT2D eigenvalue weighted by atomic mass is 32.1. The summed E-state index contributed by atoms with van der Waals surface area (Å²) in [4.78, 5) is 27.2. The number of hydrogen-bond acceptors (Lipinski definition) is 4. The molecular formula is C25H30N2O3S. The number of carbonyl (C=O) groups excluding carboxylic acids is 1. The molecule has 3 rings (SSSR count). The smallest absolute Gasteiger partial charge is 0.320 e. The van der Waals surface area contributed by atoms with Gasteiger partial charge in [-0.15, -0.1) is 0 Å². The molecule has 0 saturated heterocycles. The predicted molar refractivity (Wildman–Crippen MR) is 126 cm³/mol. The van der Waals surface area contributed by atoms with Gasteiger partial charge in [0.1, 0.15) is 6.04 Å². The van der Waals surface area contributed by atoms with Gasteiger partial charge in [0.25, 0.3) is 5.91 Å². The van der Waals surface area contributed by atoms with E-state index in [4.69, 9.17) is 12.2 Å². The summed E-state index contributed by atoms with van der Waals surface area (Å²) in [7, 11) is 0. The molecule has 0 fully saturated rings. The van der Waals surface area contributed by atoms with E-state index in [1.807, 2.05) is 67.3 Å². The topological polar surface area (TPSA) is 69.6 Å². The highest BCUT2D eigenvalue weighted by molar-refractivity contribution is 7.82. The Morgan fingerprint density at radius 2 is 1.74 bits per heavy atom. The first-order valence-electron chi connectivity index (χ1n) is 10.7. The molecule has 2 aromatic carbocycles. The summed E-state index contributed by atoms with van der Waals surface area (Å²) in [6.07, 6.45) is 1.63. The van der Waals surface area contributed by atoms with Crippen LogP contribution < -0.4 is 5.32 Å². The van der Waals surface area contributed by atoms with Gasteiger partial charge in [-0.25, -0.2) is 0 Å². The Morgan fingerprint density at radius 1 is 1.10 bits per heavy atom. The molecule has 0 radical (unpaired) electrons. The number of hydrogen-bond donors (Lipinski definition) is 2. The third-order valence-electron chi connectivity index (χ3n) is 5.63. The van der Waals surface area contributed by atoms with Crippen molar-refractivity contribution in [2.75, 3.05) is 6.54 Å². The van der Waals surface area contributed by atoms with Gasteiger partial charge < -0.3 is 10.4 Å². The van der Waals surface area contributed by atoms with Gasteiger partial charge in [-0.1, -0.05) is 80.7 Å². The molecule has 2 N–H and O–H groups in total. The number of nitrogens with one attached hydrogen (secondary N) is 1. The molecule has 0 bridgehead atoms. The number of amides is 1. The lowest BCUT2D eigenvalue weighted by atomic mass is 10.0. The number of carboxylic acids is 1. The van der Waals surface area contributed by atoms with E-state index in [-0.39, 0.29) is 17.9 Å². The highest BCUT2D eigenvalue weighted by Gasteiger charge is 2.32. The fraction of sp³-hybridized carbons (Fsp3) is 0.400. The van der Waals surface area contributed by atoms with Gasteiger partial charge in [-0.05, 0) is 35.4 Å². The number of aliphatic carboxylic acids is 1. The fourth-order valence-electron chi connectivity index (χ4n) is 4.12. The van der Waals surface area contributed by atoms with Crippen molar-refractivity contribution in [3.63, 3.8) is 0 Å².